The lowest BCUT2D eigenvalue weighted by Crippen LogP contribution is -2.43. The molecule has 3 heterocycles. The number of pyridine rings is 1. The van der Waals surface area contributed by atoms with E-state index in [1.54, 1.807) is 4.90 Å². The second-order valence-electron chi connectivity index (χ2n) is 8.92. The summed E-state index contributed by atoms with van der Waals surface area (Å²) in [6.45, 7) is 6.30. The number of hydrogen-bond acceptors (Lipinski definition) is 4. The summed E-state index contributed by atoms with van der Waals surface area (Å²) in [7, 11) is 0. The molecule has 0 spiro atoms. The van der Waals surface area contributed by atoms with Gasteiger partial charge in [0, 0.05) is 5.69 Å². The maximum Gasteiger partial charge on any atom is 0.295 e. The summed E-state index contributed by atoms with van der Waals surface area (Å²) in [5, 5.41) is 0. The zero-order valence-electron chi connectivity index (χ0n) is 17.5. The predicted molar refractivity (Wildman–Crippen MR) is 114 cm³/mol. The van der Waals surface area contributed by atoms with E-state index in [-0.39, 0.29) is 29.5 Å². The highest BCUT2D eigenvalue weighted by Crippen LogP contribution is 2.49. The first-order chi connectivity index (χ1) is 14.5. The lowest BCUT2D eigenvalue weighted by molar-refractivity contribution is -0.134. The molecule has 1 fully saturated rings. The van der Waals surface area contributed by atoms with Crippen molar-refractivity contribution in [3.05, 3.63) is 71.1 Å². The third-order valence-corrected chi connectivity index (χ3v) is 6.95. The number of nitrogens with zero attached hydrogens (tertiary/aromatic N) is 2. The van der Waals surface area contributed by atoms with Gasteiger partial charge in [-0.15, -0.1) is 0 Å². The van der Waals surface area contributed by atoms with E-state index in [2.05, 4.69) is 18.8 Å². The zero-order chi connectivity index (χ0) is 21.0. The highest BCUT2D eigenvalue weighted by Gasteiger charge is 2.54. The Morgan fingerprint density at radius 2 is 1.70 bits per heavy atom. The molecule has 154 valence electrons. The second-order valence-corrected chi connectivity index (χ2v) is 8.92. The number of carbonyl (C=O) groups excluding carboxylic acids is 2. The molecule has 1 aliphatic carbocycles. The minimum Gasteiger partial charge on any atom is -0.483 e. The molecule has 30 heavy (non-hydrogen) atoms. The van der Waals surface area contributed by atoms with E-state index >= 15 is 0 Å². The molecule has 5 nitrogen and oxygen atoms in total. The second kappa shape index (κ2) is 7.08. The van der Waals surface area contributed by atoms with Crippen molar-refractivity contribution in [1.82, 2.24) is 4.98 Å². The van der Waals surface area contributed by atoms with Crippen molar-refractivity contribution in [2.75, 3.05) is 4.90 Å². The van der Waals surface area contributed by atoms with Crippen LogP contribution in [0.25, 0.3) is 0 Å². The lowest BCUT2D eigenvalue weighted by Gasteiger charge is -2.40. The molecule has 0 N–H and O–H groups in total. The van der Waals surface area contributed by atoms with Crippen LogP contribution in [0.2, 0.25) is 0 Å². The fraction of sp³-hybridized carbons (Fsp3) is 0.400. The molecule has 5 rings (SSSR count). The van der Waals surface area contributed by atoms with Crippen molar-refractivity contribution in [2.24, 2.45) is 17.8 Å². The molecule has 5 unspecified atom stereocenters. The number of Topliss-reactive ketones (excluding diaryl/α,β-unsaturated/α-hetero) is 1. The summed E-state index contributed by atoms with van der Waals surface area (Å²) >= 11 is 0. The van der Waals surface area contributed by atoms with Crippen LogP contribution in [0.4, 0.5) is 5.82 Å². The number of ether oxygens (including phenoxy) is 1. The number of benzene rings is 1. The summed E-state index contributed by atoms with van der Waals surface area (Å²) in [4.78, 5) is 33.5. The number of fused-ring (bicyclic) bond motifs is 1. The van der Waals surface area contributed by atoms with Gasteiger partial charge in [-0.1, -0.05) is 50.2 Å². The normalized spacial score (nSPS) is 30.8. The molecule has 0 radical (unpaired) electrons. The summed E-state index contributed by atoms with van der Waals surface area (Å²) in [5.74, 6) is 1.32. The molecule has 1 amide bonds. The number of rotatable bonds is 2. The van der Waals surface area contributed by atoms with Crippen molar-refractivity contribution >= 4 is 17.5 Å². The van der Waals surface area contributed by atoms with Gasteiger partial charge in [0.2, 0.25) is 0 Å². The van der Waals surface area contributed by atoms with Gasteiger partial charge in [-0.25, -0.2) is 4.98 Å². The lowest BCUT2D eigenvalue weighted by atomic mass is 9.70. The maximum atomic E-state index is 13.7. The largest absolute Gasteiger partial charge is 0.483 e. The molecule has 3 aliphatic rings. The summed E-state index contributed by atoms with van der Waals surface area (Å²) < 4.78 is 6.29. The van der Waals surface area contributed by atoms with Crippen LogP contribution < -0.4 is 4.90 Å². The Balaban J connectivity index is 1.64. The molecule has 0 bridgehead atoms. The van der Waals surface area contributed by atoms with Crippen molar-refractivity contribution in [2.45, 2.75) is 45.8 Å². The minimum absolute atomic E-state index is 0.0670. The highest BCUT2D eigenvalue weighted by molar-refractivity contribution is 6.17. The van der Waals surface area contributed by atoms with Crippen molar-refractivity contribution in [3.63, 3.8) is 0 Å². The first-order valence-corrected chi connectivity index (χ1v) is 10.7. The van der Waals surface area contributed by atoms with Gasteiger partial charge in [-0.3, -0.25) is 14.5 Å². The Morgan fingerprint density at radius 1 is 0.967 bits per heavy atom. The number of anilines is 1. The number of hydrogen-bond donors (Lipinski definition) is 0. The van der Waals surface area contributed by atoms with Crippen molar-refractivity contribution in [3.8, 4) is 0 Å². The molecule has 1 aromatic carbocycles. The smallest absolute Gasteiger partial charge is 0.295 e. The first kappa shape index (κ1) is 19.0. The predicted octanol–water partition coefficient (Wildman–Crippen LogP) is 4.38. The zero-order valence-corrected chi connectivity index (χ0v) is 17.5. The summed E-state index contributed by atoms with van der Waals surface area (Å²) in [6, 6.07) is 14.8. The van der Waals surface area contributed by atoms with Crippen LogP contribution in [0.1, 0.15) is 44.0 Å². The van der Waals surface area contributed by atoms with Crippen LogP contribution in [0.5, 0.6) is 0 Å². The van der Waals surface area contributed by atoms with Gasteiger partial charge in [0.25, 0.3) is 5.91 Å². The van der Waals surface area contributed by atoms with E-state index in [1.807, 2.05) is 55.5 Å². The van der Waals surface area contributed by atoms with Crippen LogP contribution in [-0.2, 0) is 14.3 Å². The Morgan fingerprint density at radius 3 is 2.43 bits per heavy atom. The Kier molecular flexibility index (Phi) is 4.49. The van der Waals surface area contributed by atoms with E-state index in [0.29, 0.717) is 23.2 Å². The van der Waals surface area contributed by atoms with Gasteiger partial charge in [-0.2, -0.15) is 0 Å². The molecule has 2 aromatic rings. The van der Waals surface area contributed by atoms with Gasteiger partial charge in [0.15, 0.2) is 11.5 Å². The average molecular weight is 402 g/mol. The third-order valence-electron chi connectivity index (χ3n) is 6.95. The number of aromatic nitrogens is 1. The SMILES string of the molecule is Cc1cccc(N2C(=O)C3=C(C(=O)C4CC(C)C(C)CC4O3)C2c2ccccc2)n1. The standard InChI is InChI=1S/C25H26N2O3/c1-14-12-18-19(13-15(14)2)30-24-21(23(18)28)22(17-9-5-4-6-10-17)27(25(24)29)20-11-7-8-16(3)26-20/h4-11,14-15,18-19,22H,12-13H2,1-3H3. The number of ketones is 1. The average Bonchev–Trinajstić information content (AvgIpc) is 3.03. The Hall–Kier alpha value is -2.95. The minimum atomic E-state index is -0.508. The van der Waals surface area contributed by atoms with Gasteiger partial charge >= 0.3 is 0 Å². The van der Waals surface area contributed by atoms with Crippen LogP contribution in [0.15, 0.2) is 59.9 Å². The van der Waals surface area contributed by atoms with Gasteiger partial charge in [0.1, 0.15) is 11.9 Å². The molecule has 1 aromatic heterocycles. The van der Waals surface area contributed by atoms with E-state index in [9.17, 15) is 9.59 Å². The molecule has 2 aliphatic heterocycles. The highest BCUT2D eigenvalue weighted by atomic mass is 16.5. The maximum absolute atomic E-state index is 13.7. The quantitative estimate of drug-likeness (QED) is 0.748. The first-order valence-electron chi connectivity index (χ1n) is 10.7. The summed E-state index contributed by atoms with van der Waals surface area (Å²) in [5.41, 5.74) is 2.21. The molecule has 0 saturated heterocycles. The van der Waals surface area contributed by atoms with Gasteiger partial charge in [-0.05, 0) is 49.3 Å². The fourth-order valence-electron chi connectivity index (χ4n) is 5.11. The summed E-state index contributed by atoms with van der Waals surface area (Å²) in [6.07, 6.45) is 1.40. The van der Waals surface area contributed by atoms with Gasteiger partial charge in [0.05, 0.1) is 17.5 Å². The van der Waals surface area contributed by atoms with Crippen molar-refractivity contribution in [1.29, 1.82) is 0 Å². The molecular weight excluding hydrogens is 376 g/mol. The Bertz CT molecular complexity index is 1050. The van der Waals surface area contributed by atoms with Crippen molar-refractivity contribution < 1.29 is 14.3 Å². The van der Waals surface area contributed by atoms with E-state index in [1.165, 1.54) is 0 Å². The molecule has 5 heteroatoms. The molecular formula is C25H26N2O3. The topological polar surface area (TPSA) is 59.5 Å². The van der Waals surface area contributed by atoms with Crippen LogP contribution >= 0.6 is 0 Å². The molecule has 1 saturated carbocycles. The monoisotopic (exact) mass is 402 g/mol. The van der Waals surface area contributed by atoms with Crippen LogP contribution in [0, 0.1) is 24.7 Å². The van der Waals surface area contributed by atoms with E-state index in [4.69, 9.17) is 4.74 Å². The third kappa shape index (κ3) is 2.87. The number of amides is 1. The van der Waals surface area contributed by atoms with E-state index in [0.717, 1.165) is 24.1 Å². The van der Waals surface area contributed by atoms with E-state index < -0.39 is 6.04 Å². The molecule has 5 atom stereocenters. The van der Waals surface area contributed by atoms with Gasteiger partial charge < -0.3 is 4.74 Å². The number of aryl methyl sites for hydroxylation is 1. The Labute approximate surface area is 176 Å². The number of carbonyl (C=O) groups is 2. The van der Waals surface area contributed by atoms with Crippen LogP contribution in [0.3, 0.4) is 0 Å². The fourth-order valence-corrected chi connectivity index (χ4v) is 5.11. The van der Waals surface area contributed by atoms with Crippen LogP contribution in [-0.4, -0.2) is 22.8 Å².